The Morgan fingerprint density at radius 2 is 1.77 bits per heavy atom. The van der Waals surface area contributed by atoms with E-state index in [1.54, 1.807) is 48.5 Å². The molecule has 0 saturated carbocycles. The number of allylic oxidation sites excluding steroid dienone is 1. The molecular weight excluding hydrogens is 438 g/mol. The van der Waals surface area contributed by atoms with Gasteiger partial charge < -0.3 is 14.8 Å². The van der Waals surface area contributed by atoms with E-state index in [1.807, 2.05) is 37.3 Å². The van der Waals surface area contributed by atoms with Crippen LogP contribution in [0.4, 0.5) is 5.69 Å². The van der Waals surface area contributed by atoms with Crippen molar-refractivity contribution in [2.75, 3.05) is 11.9 Å². The molecule has 35 heavy (non-hydrogen) atoms. The number of carbonyl (C=O) groups is 1. The molecule has 1 amide bonds. The maximum Gasteiger partial charge on any atom is 0.266 e. The second-order valence-electron chi connectivity index (χ2n) is 7.48. The molecule has 0 aliphatic carbocycles. The molecule has 0 atom stereocenters. The summed E-state index contributed by atoms with van der Waals surface area (Å²) in [6, 6.07) is 23.9. The van der Waals surface area contributed by atoms with E-state index in [2.05, 4.69) is 18.0 Å². The van der Waals surface area contributed by atoms with Crippen molar-refractivity contribution in [1.82, 2.24) is 0 Å². The Hall–Kier alpha value is -4.81. The summed E-state index contributed by atoms with van der Waals surface area (Å²) in [5.74, 6) is 0.507. The third-order valence-corrected chi connectivity index (χ3v) is 5.04. The van der Waals surface area contributed by atoms with Crippen molar-refractivity contribution >= 4 is 17.7 Å². The van der Waals surface area contributed by atoms with Crippen LogP contribution in [0.15, 0.2) is 85.0 Å². The van der Waals surface area contributed by atoms with Crippen molar-refractivity contribution in [2.45, 2.75) is 20.0 Å². The highest BCUT2D eigenvalue weighted by Gasteiger charge is 2.16. The molecule has 0 radical (unpaired) electrons. The standard InChI is InChI=1S/C29H25N3O3/c1-3-10-22-15-21(16-25(19-31)29(33)32-26-13-6-5-7-14-26)17-27(34-4-2)28(22)35-20-24-12-9-8-11-23(24)18-30/h3,5-9,11-17H,1,4,10,20H2,2H3,(H,32,33)/b25-16+. The summed E-state index contributed by atoms with van der Waals surface area (Å²) < 4.78 is 12.0. The summed E-state index contributed by atoms with van der Waals surface area (Å²) in [4.78, 5) is 12.7. The maximum atomic E-state index is 12.7. The molecule has 6 nitrogen and oxygen atoms in total. The van der Waals surface area contributed by atoms with Crippen LogP contribution in [0, 0.1) is 22.7 Å². The number of benzene rings is 3. The van der Waals surface area contributed by atoms with Gasteiger partial charge in [0, 0.05) is 16.8 Å². The lowest BCUT2D eigenvalue weighted by atomic mass is 10.0. The molecule has 0 unspecified atom stereocenters. The van der Waals surface area contributed by atoms with Crippen LogP contribution in [0.3, 0.4) is 0 Å². The smallest absolute Gasteiger partial charge is 0.266 e. The van der Waals surface area contributed by atoms with E-state index < -0.39 is 5.91 Å². The number of hydrogen-bond acceptors (Lipinski definition) is 5. The SMILES string of the molecule is C=CCc1cc(/C=C(\C#N)C(=O)Nc2ccccc2)cc(OCC)c1OCc1ccccc1C#N. The van der Waals surface area contributed by atoms with Crippen LogP contribution in [-0.4, -0.2) is 12.5 Å². The van der Waals surface area contributed by atoms with Gasteiger partial charge in [-0.1, -0.05) is 42.5 Å². The number of rotatable bonds is 10. The van der Waals surface area contributed by atoms with Gasteiger partial charge in [-0.05, 0) is 55.3 Å². The van der Waals surface area contributed by atoms with Crippen molar-refractivity contribution < 1.29 is 14.3 Å². The van der Waals surface area contributed by atoms with Gasteiger partial charge in [0.05, 0.1) is 18.2 Å². The van der Waals surface area contributed by atoms with Gasteiger partial charge in [0.25, 0.3) is 5.91 Å². The first-order valence-electron chi connectivity index (χ1n) is 11.1. The zero-order chi connectivity index (χ0) is 25.0. The monoisotopic (exact) mass is 463 g/mol. The number of para-hydroxylation sites is 1. The van der Waals surface area contributed by atoms with Gasteiger partial charge in [-0.3, -0.25) is 4.79 Å². The van der Waals surface area contributed by atoms with Crippen LogP contribution >= 0.6 is 0 Å². The minimum absolute atomic E-state index is 0.0440. The average molecular weight is 464 g/mol. The second kappa shape index (κ2) is 12.4. The molecule has 0 aliphatic rings. The molecule has 174 valence electrons. The van der Waals surface area contributed by atoms with E-state index in [4.69, 9.17) is 9.47 Å². The normalized spacial score (nSPS) is 10.5. The number of ether oxygens (including phenoxy) is 2. The highest BCUT2D eigenvalue weighted by Crippen LogP contribution is 2.35. The van der Waals surface area contributed by atoms with Crippen molar-refractivity contribution in [3.8, 4) is 23.6 Å². The van der Waals surface area contributed by atoms with Crippen molar-refractivity contribution in [3.05, 3.63) is 107 Å². The molecule has 3 aromatic rings. The highest BCUT2D eigenvalue weighted by molar-refractivity contribution is 6.09. The van der Waals surface area contributed by atoms with Crippen LogP contribution in [0.2, 0.25) is 0 Å². The molecule has 0 saturated heterocycles. The fourth-order valence-electron chi connectivity index (χ4n) is 3.44. The Balaban J connectivity index is 1.95. The Labute approximate surface area is 205 Å². The molecule has 0 aliphatic heterocycles. The molecule has 0 fully saturated rings. The van der Waals surface area contributed by atoms with E-state index in [9.17, 15) is 15.3 Å². The van der Waals surface area contributed by atoms with Gasteiger partial charge in [0.2, 0.25) is 0 Å². The average Bonchev–Trinajstić information content (AvgIpc) is 2.88. The van der Waals surface area contributed by atoms with E-state index in [0.717, 1.165) is 11.1 Å². The number of nitriles is 2. The van der Waals surface area contributed by atoms with Crippen LogP contribution in [0.5, 0.6) is 11.5 Å². The fraction of sp³-hybridized carbons (Fsp3) is 0.138. The molecular formula is C29H25N3O3. The summed E-state index contributed by atoms with van der Waals surface area (Å²) in [6.07, 6.45) is 3.74. The molecule has 0 bridgehead atoms. The fourth-order valence-corrected chi connectivity index (χ4v) is 3.44. The lowest BCUT2D eigenvalue weighted by Gasteiger charge is -2.17. The summed E-state index contributed by atoms with van der Waals surface area (Å²) in [6.45, 7) is 6.27. The minimum Gasteiger partial charge on any atom is -0.490 e. The van der Waals surface area contributed by atoms with Gasteiger partial charge in [-0.2, -0.15) is 10.5 Å². The number of nitrogens with zero attached hydrogens (tertiary/aromatic N) is 2. The first-order chi connectivity index (χ1) is 17.1. The lowest BCUT2D eigenvalue weighted by molar-refractivity contribution is -0.112. The van der Waals surface area contributed by atoms with Crippen molar-refractivity contribution in [1.29, 1.82) is 10.5 Å². The molecule has 0 aromatic heterocycles. The number of carbonyl (C=O) groups excluding carboxylic acids is 1. The van der Waals surface area contributed by atoms with Gasteiger partial charge in [-0.25, -0.2) is 0 Å². The largest absolute Gasteiger partial charge is 0.490 e. The first kappa shape index (κ1) is 24.8. The van der Waals surface area contributed by atoms with E-state index in [0.29, 0.717) is 41.3 Å². The summed E-state index contributed by atoms with van der Waals surface area (Å²) in [7, 11) is 0. The van der Waals surface area contributed by atoms with Crippen LogP contribution < -0.4 is 14.8 Å². The molecule has 6 heteroatoms. The van der Waals surface area contributed by atoms with Gasteiger partial charge in [0.1, 0.15) is 18.2 Å². The molecule has 0 spiro atoms. The first-order valence-corrected chi connectivity index (χ1v) is 11.1. The summed E-state index contributed by atoms with van der Waals surface area (Å²) in [5, 5.41) is 21.7. The van der Waals surface area contributed by atoms with Crippen LogP contribution in [0.1, 0.15) is 29.2 Å². The Morgan fingerprint density at radius 1 is 1.03 bits per heavy atom. The summed E-state index contributed by atoms with van der Waals surface area (Å²) in [5.41, 5.74) is 3.26. The molecule has 3 rings (SSSR count). The molecule has 0 heterocycles. The number of hydrogen-bond donors (Lipinski definition) is 1. The van der Waals surface area contributed by atoms with E-state index in [1.165, 1.54) is 6.08 Å². The maximum absolute atomic E-state index is 12.7. The van der Waals surface area contributed by atoms with Gasteiger partial charge in [-0.15, -0.1) is 6.58 Å². The number of nitrogens with one attached hydrogen (secondary N) is 1. The Bertz CT molecular complexity index is 1320. The van der Waals surface area contributed by atoms with Gasteiger partial charge in [0.15, 0.2) is 11.5 Å². The Morgan fingerprint density at radius 3 is 2.46 bits per heavy atom. The third kappa shape index (κ3) is 6.60. The zero-order valence-corrected chi connectivity index (χ0v) is 19.5. The van der Waals surface area contributed by atoms with Gasteiger partial charge >= 0.3 is 0 Å². The predicted molar refractivity (Wildman–Crippen MR) is 136 cm³/mol. The Kier molecular flexibility index (Phi) is 8.82. The third-order valence-electron chi connectivity index (χ3n) is 5.04. The number of anilines is 1. The van der Waals surface area contributed by atoms with Crippen molar-refractivity contribution in [3.63, 3.8) is 0 Å². The summed E-state index contributed by atoms with van der Waals surface area (Å²) >= 11 is 0. The predicted octanol–water partition coefficient (Wildman–Crippen LogP) is 5.81. The second-order valence-corrected chi connectivity index (χ2v) is 7.48. The van der Waals surface area contributed by atoms with E-state index >= 15 is 0 Å². The quantitative estimate of drug-likeness (QED) is 0.233. The van der Waals surface area contributed by atoms with Crippen molar-refractivity contribution in [2.24, 2.45) is 0 Å². The van der Waals surface area contributed by atoms with E-state index in [-0.39, 0.29) is 12.2 Å². The highest BCUT2D eigenvalue weighted by atomic mass is 16.5. The van der Waals surface area contributed by atoms with Crippen LogP contribution in [-0.2, 0) is 17.8 Å². The molecule has 3 aromatic carbocycles. The minimum atomic E-state index is -0.504. The zero-order valence-electron chi connectivity index (χ0n) is 19.5. The topological polar surface area (TPSA) is 95.1 Å². The lowest BCUT2D eigenvalue weighted by Crippen LogP contribution is -2.13. The van der Waals surface area contributed by atoms with Crippen LogP contribution in [0.25, 0.3) is 6.08 Å². The molecule has 1 N–H and O–H groups in total. The number of amides is 1.